The fourth-order valence-electron chi connectivity index (χ4n) is 4.15. The molecule has 6 nitrogen and oxygen atoms in total. The Labute approximate surface area is 165 Å². The summed E-state index contributed by atoms with van der Waals surface area (Å²) in [4.78, 5) is 19.8. The molecule has 1 aromatic heterocycles. The fraction of sp³-hybridized carbons (Fsp3) is 0.300. The second-order valence-electron chi connectivity index (χ2n) is 7.28. The predicted molar refractivity (Wildman–Crippen MR) is 105 cm³/mol. The highest BCUT2D eigenvalue weighted by atomic mass is 32.1. The van der Waals surface area contributed by atoms with Gasteiger partial charge in [-0.05, 0) is 36.2 Å². The van der Waals surface area contributed by atoms with Crippen LogP contribution in [0.2, 0.25) is 0 Å². The number of piperazine rings is 1. The van der Waals surface area contributed by atoms with Gasteiger partial charge >= 0.3 is 6.03 Å². The molecule has 2 aliphatic rings. The highest BCUT2D eigenvalue weighted by Gasteiger charge is 2.44. The van der Waals surface area contributed by atoms with Crippen molar-refractivity contribution < 1.29 is 13.9 Å². The maximum Gasteiger partial charge on any atom is 0.315 e. The number of thiazole rings is 1. The van der Waals surface area contributed by atoms with E-state index in [1.165, 1.54) is 23.0 Å². The van der Waals surface area contributed by atoms with Crippen LogP contribution in [-0.2, 0) is 6.54 Å². The van der Waals surface area contributed by atoms with Gasteiger partial charge < -0.3 is 15.4 Å². The largest absolute Gasteiger partial charge is 0.431 e. The van der Waals surface area contributed by atoms with Crippen molar-refractivity contribution >= 4 is 27.6 Å². The molecule has 3 heterocycles. The maximum absolute atomic E-state index is 13.8. The summed E-state index contributed by atoms with van der Waals surface area (Å²) in [6, 6.07) is 13.1. The number of halogens is 1. The Bertz CT molecular complexity index is 1040. The highest BCUT2D eigenvalue weighted by molar-refractivity contribution is 7.20. The smallest absolute Gasteiger partial charge is 0.315 e. The van der Waals surface area contributed by atoms with E-state index in [-0.39, 0.29) is 17.9 Å². The molecule has 2 amide bonds. The number of carbonyl (C=O) groups excluding carboxylic acids is 1. The Kier molecular flexibility index (Phi) is 4.17. The average Bonchev–Trinajstić information content (AvgIpc) is 3.37. The molecular formula is C20H19FN4O2S. The number of nitrogens with two attached hydrogens (primary N) is 1. The molecule has 2 atom stereocenters. The number of rotatable bonds is 4. The predicted octanol–water partition coefficient (Wildman–Crippen LogP) is 3.56. The SMILES string of the molecule is NC(=O)N1CC2CC1CN2Cc1ccc(Oc2nc3c(F)cccc3s2)cc1. The van der Waals surface area contributed by atoms with Gasteiger partial charge in [-0.2, -0.15) is 4.98 Å². The van der Waals surface area contributed by atoms with Crippen LogP contribution in [0, 0.1) is 5.82 Å². The lowest BCUT2D eigenvalue weighted by Crippen LogP contribution is -2.50. The third-order valence-corrected chi connectivity index (χ3v) is 6.40. The van der Waals surface area contributed by atoms with E-state index in [1.54, 1.807) is 11.0 Å². The summed E-state index contributed by atoms with van der Waals surface area (Å²) in [5.74, 6) is 0.333. The van der Waals surface area contributed by atoms with E-state index in [9.17, 15) is 9.18 Å². The second-order valence-corrected chi connectivity index (χ2v) is 8.27. The molecule has 2 fully saturated rings. The minimum absolute atomic E-state index is 0.240. The van der Waals surface area contributed by atoms with E-state index in [0.717, 1.165) is 30.8 Å². The molecule has 2 bridgehead atoms. The van der Waals surface area contributed by atoms with Gasteiger partial charge in [0.25, 0.3) is 5.19 Å². The van der Waals surface area contributed by atoms with Crippen molar-refractivity contribution in [2.45, 2.75) is 25.0 Å². The molecule has 0 saturated carbocycles. The zero-order valence-corrected chi connectivity index (χ0v) is 15.9. The number of carbonyl (C=O) groups is 1. The van der Waals surface area contributed by atoms with Crippen LogP contribution < -0.4 is 10.5 Å². The van der Waals surface area contributed by atoms with Gasteiger partial charge in [0.2, 0.25) is 0 Å². The summed E-state index contributed by atoms with van der Waals surface area (Å²) in [7, 11) is 0. The van der Waals surface area contributed by atoms with Crippen molar-refractivity contribution in [1.82, 2.24) is 14.8 Å². The number of aromatic nitrogens is 1. The van der Waals surface area contributed by atoms with Gasteiger partial charge in [-0.15, -0.1) is 0 Å². The Balaban J connectivity index is 1.24. The Morgan fingerprint density at radius 3 is 2.71 bits per heavy atom. The molecule has 2 aromatic carbocycles. The number of amides is 2. The zero-order valence-electron chi connectivity index (χ0n) is 15.0. The standard InChI is InChI=1S/C20H19FN4O2S/c21-16-2-1-3-17-18(16)23-20(28-17)27-15-6-4-12(5-7-15)9-24-10-14-8-13(24)11-25(14)19(22)26/h1-7,13-14H,8-11H2,(H2,22,26). The van der Waals surface area contributed by atoms with Crippen LogP contribution in [0.25, 0.3) is 10.2 Å². The van der Waals surface area contributed by atoms with Crippen LogP contribution in [-0.4, -0.2) is 46.0 Å². The minimum Gasteiger partial charge on any atom is -0.431 e. The van der Waals surface area contributed by atoms with Crippen LogP contribution in [0.5, 0.6) is 10.9 Å². The van der Waals surface area contributed by atoms with Gasteiger partial charge in [0, 0.05) is 31.7 Å². The fourth-order valence-corrected chi connectivity index (χ4v) is 5.00. The van der Waals surface area contributed by atoms with E-state index >= 15 is 0 Å². The number of fused-ring (bicyclic) bond motifs is 3. The number of likely N-dealkylation sites (tertiary alicyclic amines) is 2. The lowest BCUT2D eigenvalue weighted by Gasteiger charge is -2.33. The van der Waals surface area contributed by atoms with E-state index < -0.39 is 0 Å². The third-order valence-electron chi connectivity index (χ3n) is 5.50. The first-order valence-electron chi connectivity index (χ1n) is 9.19. The number of nitrogens with zero attached hydrogens (tertiary/aromatic N) is 3. The molecule has 144 valence electrons. The third kappa shape index (κ3) is 3.08. The lowest BCUT2D eigenvalue weighted by molar-refractivity contribution is 0.137. The summed E-state index contributed by atoms with van der Waals surface area (Å²) in [6.45, 7) is 2.42. The molecule has 28 heavy (non-hydrogen) atoms. The van der Waals surface area contributed by atoms with E-state index in [0.29, 0.717) is 22.5 Å². The number of hydrogen-bond donors (Lipinski definition) is 1. The molecule has 0 radical (unpaired) electrons. The normalized spacial score (nSPS) is 21.5. The molecule has 2 aliphatic heterocycles. The maximum atomic E-state index is 13.8. The number of para-hydroxylation sites is 1. The first-order chi connectivity index (χ1) is 13.6. The van der Waals surface area contributed by atoms with E-state index in [2.05, 4.69) is 9.88 Å². The highest BCUT2D eigenvalue weighted by Crippen LogP contribution is 2.34. The zero-order chi connectivity index (χ0) is 19.3. The van der Waals surface area contributed by atoms with Gasteiger partial charge in [0.1, 0.15) is 17.1 Å². The van der Waals surface area contributed by atoms with Crippen LogP contribution in [0.15, 0.2) is 42.5 Å². The van der Waals surface area contributed by atoms with Gasteiger partial charge in [-0.1, -0.05) is 29.5 Å². The average molecular weight is 398 g/mol. The Morgan fingerprint density at radius 1 is 1.21 bits per heavy atom. The van der Waals surface area contributed by atoms with Crippen LogP contribution >= 0.6 is 11.3 Å². The van der Waals surface area contributed by atoms with Gasteiger partial charge in [0.05, 0.1) is 4.70 Å². The molecule has 0 aliphatic carbocycles. The lowest BCUT2D eigenvalue weighted by atomic mass is 10.2. The van der Waals surface area contributed by atoms with Crippen LogP contribution in [0.3, 0.4) is 0 Å². The van der Waals surface area contributed by atoms with Crippen molar-refractivity contribution in [1.29, 1.82) is 0 Å². The second kappa shape index (κ2) is 6.72. The molecule has 5 rings (SSSR count). The molecule has 3 aromatic rings. The number of hydrogen-bond acceptors (Lipinski definition) is 5. The molecular weight excluding hydrogens is 379 g/mol. The number of urea groups is 1. The van der Waals surface area contributed by atoms with Crippen LogP contribution in [0.4, 0.5) is 9.18 Å². The first-order valence-corrected chi connectivity index (χ1v) is 10.0. The number of benzene rings is 2. The quantitative estimate of drug-likeness (QED) is 0.729. The van der Waals surface area contributed by atoms with E-state index in [1.807, 2.05) is 30.3 Å². The summed E-state index contributed by atoms with van der Waals surface area (Å²) in [5, 5.41) is 0.427. The van der Waals surface area contributed by atoms with Gasteiger partial charge in [-0.25, -0.2) is 9.18 Å². The molecule has 0 spiro atoms. The number of primary amides is 1. The minimum atomic E-state index is -0.339. The molecule has 2 saturated heterocycles. The Hall–Kier alpha value is -2.71. The topological polar surface area (TPSA) is 71.7 Å². The van der Waals surface area contributed by atoms with Gasteiger partial charge in [-0.3, -0.25) is 4.90 Å². The van der Waals surface area contributed by atoms with E-state index in [4.69, 9.17) is 10.5 Å². The van der Waals surface area contributed by atoms with Crippen molar-refractivity contribution in [3.05, 3.63) is 53.8 Å². The van der Waals surface area contributed by atoms with Crippen molar-refractivity contribution in [2.75, 3.05) is 13.1 Å². The monoisotopic (exact) mass is 398 g/mol. The van der Waals surface area contributed by atoms with Crippen molar-refractivity contribution in [2.24, 2.45) is 5.73 Å². The molecule has 2 unspecified atom stereocenters. The summed E-state index contributed by atoms with van der Waals surface area (Å²) in [5.41, 5.74) is 6.95. The summed E-state index contributed by atoms with van der Waals surface area (Å²) >= 11 is 1.32. The Morgan fingerprint density at radius 2 is 2.04 bits per heavy atom. The van der Waals surface area contributed by atoms with Crippen molar-refractivity contribution in [3.63, 3.8) is 0 Å². The van der Waals surface area contributed by atoms with Gasteiger partial charge in [0.15, 0.2) is 0 Å². The molecule has 2 N–H and O–H groups in total. The van der Waals surface area contributed by atoms with Crippen LogP contribution in [0.1, 0.15) is 12.0 Å². The summed E-state index contributed by atoms with van der Waals surface area (Å²) < 4.78 is 20.3. The molecule has 8 heteroatoms. The first kappa shape index (κ1) is 17.4. The number of ether oxygens (including phenoxy) is 1. The summed E-state index contributed by atoms with van der Waals surface area (Å²) in [6.07, 6.45) is 0.998. The van der Waals surface area contributed by atoms with Crippen molar-refractivity contribution in [3.8, 4) is 10.9 Å².